The quantitative estimate of drug-likeness (QED) is 0.576. The van der Waals surface area contributed by atoms with Crippen LogP contribution in [0, 0.1) is 6.92 Å². The Morgan fingerprint density at radius 3 is 2.48 bits per heavy atom. The molecule has 166 valence electrons. The molecular weight excluding hydrogens is 436 g/mol. The Balaban J connectivity index is 1.62. The topological polar surface area (TPSA) is 93.5 Å². The molecule has 0 aliphatic heterocycles. The Labute approximate surface area is 186 Å². The highest BCUT2D eigenvalue weighted by atomic mass is 32.2. The maximum Gasteiger partial charge on any atom is 0.273 e. The molecule has 0 unspecified atom stereocenters. The second-order valence-electron chi connectivity index (χ2n) is 7.99. The van der Waals surface area contributed by atoms with Gasteiger partial charge in [-0.05, 0) is 63.4 Å². The Morgan fingerprint density at radius 2 is 1.90 bits per heavy atom. The Kier molecular flexibility index (Phi) is 6.42. The van der Waals surface area contributed by atoms with E-state index in [4.69, 9.17) is 4.74 Å². The summed E-state index contributed by atoms with van der Waals surface area (Å²) in [4.78, 5) is 12.3. The summed E-state index contributed by atoms with van der Waals surface area (Å²) < 4.78 is 34.0. The number of amides is 1. The number of thiophene rings is 1. The van der Waals surface area contributed by atoms with Crippen LogP contribution in [-0.4, -0.2) is 37.8 Å². The average molecular weight is 463 g/mol. The van der Waals surface area contributed by atoms with E-state index in [1.807, 2.05) is 33.8 Å². The lowest BCUT2D eigenvalue weighted by Crippen LogP contribution is -2.28. The molecule has 3 aromatic rings. The van der Waals surface area contributed by atoms with Crippen molar-refractivity contribution in [3.8, 4) is 5.75 Å². The number of hydrogen-bond acceptors (Lipinski definition) is 6. The van der Waals surface area contributed by atoms with Crippen molar-refractivity contribution in [2.24, 2.45) is 0 Å². The Morgan fingerprint density at radius 1 is 1.23 bits per heavy atom. The fourth-order valence-electron chi connectivity index (χ4n) is 2.86. The highest BCUT2D eigenvalue weighted by Gasteiger charge is 2.22. The number of nitrogens with zero attached hydrogens (tertiary/aromatic N) is 3. The number of rotatable bonds is 7. The van der Waals surface area contributed by atoms with Gasteiger partial charge in [-0.2, -0.15) is 5.10 Å². The van der Waals surface area contributed by atoms with Gasteiger partial charge in [0.1, 0.15) is 15.8 Å². The third-order valence-corrected chi connectivity index (χ3v) is 7.57. The minimum Gasteiger partial charge on any atom is -0.484 e. The van der Waals surface area contributed by atoms with Gasteiger partial charge < -0.3 is 10.1 Å². The van der Waals surface area contributed by atoms with Gasteiger partial charge in [-0.3, -0.25) is 9.10 Å². The summed E-state index contributed by atoms with van der Waals surface area (Å²) in [6, 6.07) is 11.6. The lowest BCUT2D eigenvalue weighted by Gasteiger charge is -2.22. The number of ether oxygens (including phenoxy) is 1. The molecule has 8 nitrogen and oxygen atoms in total. The molecule has 0 saturated carbocycles. The monoisotopic (exact) mass is 462 g/mol. The summed E-state index contributed by atoms with van der Waals surface area (Å²) >= 11 is 1.17. The zero-order valence-electron chi connectivity index (χ0n) is 18.1. The number of carbonyl (C=O) groups excluding carboxylic acids is 1. The molecule has 0 bridgehead atoms. The van der Waals surface area contributed by atoms with Crippen LogP contribution in [-0.2, 0) is 20.4 Å². The SMILES string of the molecule is Cc1cc(NC(=O)COc2ccc(N(C)S(=O)(=O)c3cccs3)cc2)n(C(C)(C)C)n1. The number of sulfonamides is 1. The van der Waals surface area contributed by atoms with Gasteiger partial charge in [0.2, 0.25) is 0 Å². The fraction of sp³-hybridized carbons (Fsp3) is 0.333. The number of nitrogens with one attached hydrogen (secondary N) is 1. The highest BCUT2D eigenvalue weighted by molar-refractivity contribution is 7.94. The molecule has 0 atom stereocenters. The Bertz CT molecular complexity index is 1150. The first-order valence-corrected chi connectivity index (χ1v) is 11.9. The molecule has 0 fully saturated rings. The second kappa shape index (κ2) is 8.72. The summed E-state index contributed by atoms with van der Waals surface area (Å²) in [5.74, 6) is 0.752. The predicted octanol–water partition coefficient (Wildman–Crippen LogP) is 3.85. The minimum atomic E-state index is -3.60. The van der Waals surface area contributed by atoms with Gasteiger partial charge in [-0.25, -0.2) is 13.1 Å². The average Bonchev–Trinajstić information content (AvgIpc) is 3.36. The van der Waals surface area contributed by atoms with Crippen LogP contribution in [0.3, 0.4) is 0 Å². The van der Waals surface area contributed by atoms with Crippen molar-refractivity contribution in [2.75, 3.05) is 23.3 Å². The van der Waals surface area contributed by atoms with E-state index in [1.165, 1.54) is 22.7 Å². The van der Waals surface area contributed by atoms with Gasteiger partial charge in [-0.15, -0.1) is 11.3 Å². The van der Waals surface area contributed by atoms with Crippen molar-refractivity contribution < 1.29 is 17.9 Å². The number of aryl methyl sites for hydroxylation is 1. The van der Waals surface area contributed by atoms with E-state index in [2.05, 4.69) is 10.4 Å². The normalized spacial score (nSPS) is 11.9. The van der Waals surface area contributed by atoms with E-state index in [9.17, 15) is 13.2 Å². The van der Waals surface area contributed by atoms with E-state index in [1.54, 1.807) is 46.5 Å². The molecule has 2 aromatic heterocycles. The molecule has 10 heteroatoms. The molecule has 0 saturated heterocycles. The molecule has 1 N–H and O–H groups in total. The van der Waals surface area contributed by atoms with Crippen molar-refractivity contribution in [3.63, 3.8) is 0 Å². The summed E-state index contributed by atoms with van der Waals surface area (Å²) in [5.41, 5.74) is 1.03. The number of aromatic nitrogens is 2. The van der Waals surface area contributed by atoms with Gasteiger partial charge in [0.15, 0.2) is 6.61 Å². The van der Waals surface area contributed by atoms with Gasteiger partial charge in [0, 0.05) is 13.1 Å². The van der Waals surface area contributed by atoms with Crippen LogP contribution in [0.1, 0.15) is 26.5 Å². The van der Waals surface area contributed by atoms with Gasteiger partial charge in [0.25, 0.3) is 15.9 Å². The third-order valence-electron chi connectivity index (χ3n) is 4.41. The van der Waals surface area contributed by atoms with Crippen molar-refractivity contribution in [1.29, 1.82) is 0 Å². The third kappa shape index (κ3) is 5.26. The van der Waals surface area contributed by atoms with Crippen LogP contribution in [0.2, 0.25) is 0 Å². The van der Waals surface area contributed by atoms with Crippen molar-refractivity contribution in [3.05, 3.63) is 53.5 Å². The second-order valence-corrected chi connectivity index (χ2v) is 11.1. The molecule has 0 aliphatic carbocycles. The van der Waals surface area contributed by atoms with Crippen LogP contribution >= 0.6 is 11.3 Å². The molecule has 3 rings (SSSR count). The first kappa shape index (κ1) is 22.8. The number of anilines is 2. The van der Waals surface area contributed by atoms with Crippen LogP contribution < -0.4 is 14.4 Å². The lowest BCUT2D eigenvalue weighted by molar-refractivity contribution is -0.118. The lowest BCUT2D eigenvalue weighted by atomic mass is 10.1. The number of hydrogen-bond donors (Lipinski definition) is 1. The maximum absolute atomic E-state index is 12.6. The van der Waals surface area contributed by atoms with Gasteiger partial charge >= 0.3 is 0 Å². The smallest absolute Gasteiger partial charge is 0.273 e. The first-order valence-electron chi connectivity index (χ1n) is 9.61. The van der Waals surface area contributed by atoms with E-state index in [0.29, 0.717) is 17.3 Å². The zero-order chi connectivity index (χ0) is 22.8. The van der Waals surface area contributed by atoms with Crippen molar-refractivity contribution in [1.82, 2.24) is 9.78 Å². The van der Waals surface area contributed by atoms with Crippen LogP contribution in [0.4, 0.5) is 11.5 Å². The predicted molar refractivity (Wildman–Crippen MR) is 122 cm³/mol. The summed E-state index contributed by atoms with van der Waals surface area (Å²) in [7, 11) is -2.10. The van der Waals surface area contributed by atoms with E-state index < -0.39 is 10.0 Å². The van der Waals surface area contributed by atoms with E-state index >= 15 is 0 Å². The summed E-state index contributed by atoms with van der Waals surface area (Å²) in [6.45, 7) is 7.69. The first-order chi connectivity index (χ1) is 14.5. The zero-order valence-corrected chi connectivity index (χ0v) is 19.8. The number of benzene rings is 1. The standard InChI is InChI=1S/C21H26N4O4S2/c1-15-13-18(25(23-15)21(2,3)4)22-19(26)14-29-17-10-8-16(9-11-17)24(5)31(27,28)20-7-6-12-30-20/h6-13H,14H2,1-5H3,(H,22,26). The summed E-state index contributed by atoms with van der Waals surface area (Å²) in [5, 5.41) is 8.97. The number of carbonyl (C=O) groups is 1. The van der Waals surface area contributed by atoms with Gasteiger partial charge in [0.05, 0.1) is 16.9 Å². The molecule has 1 amide bonds. The van der Waals surface area contributed by atoms with Crippen molar-refractivity contribution >= 4 is 38.8 Å². The molecule has 2 heterocycles. The van der Waals surface area contributed by atoms with E-state index in [0.717, 1.165) is 5.69 Å². The molecule has 31 heavy (non-hydrogen) atoms. The highest BCUT2D eigenvalue weighted by Crippen LogP contribution is 2.26. The minimum absolute atomic E-state index is 0.183. The fourth-order valence-corrected chi connectivity index (χ4v) is 5.22. The molecule has 0 aliphatic rings. The van der Waals surface area contributed by atoms with Crippen LogP contribution in [0.25, 0.3) is 0 Å². The summed E-state index contributed by atoms with van der Waals surface area (Å²) in [6.07, 6.45) is 0. The van der Waals surface area contributed by atoms with Crippen molar-refractivity contribution in [2.45, 2.75) is 37.4 Å². The van der Waals surface area contributed by atoms with Crippen LogP contribution in [0.15, 0.2) is 52.1 Å². The van der Waals surface area contributed by atoms with E-state index in [-0.39, 0.29) is 22.3 Å². The molecule has 0 spiro atoms. The Hall–Kier alpha value is -2.85. The largest absolute Gasteiger partial charge is 0.484 e. The molecule has 1 aromatic carbocycles. The maximum atomic E-state index is 12.6. The van der Waals surface area contributed by atoms with Crippen LogP contribution in [0.5, 0.6) is 5.75 Å². The molecule has 0 radical (unpaired) electrons. The van der Waals surface area contributed by atoms with Gasteiger partial charge in [-0.1, -0.05) is 6.07 Å². The molecular formula is C21H26N4O4S2.